The summed E-state index contributed by atoms with van der Waals surface area (Å²) in [6, 6.07) is 13.9. The minimum absolute atomic E-state index is 0.0753. The maximum absolute atomic E-state index is 12.0. The topological polar surface area (TPSA) is 71.0 Å². The van der Waals surface area contributed by atoms with E-state index in [2.05, 4.69) is 27.8 Å². The van der Waals surface area contributed by atoms with Crippen LogP contribution in [0.15, 0.2) is 60.2 Å². The molecular formula is C21H19N5OS. The minimum atomic E-state index is -0.0753. The molecule has 1 aromatic carbocycles. The van der Waals surface area contributed by atoms with E-state index >= 15 is 0 Å². The summed E-state index contributed by atoms with van der Waals surface area (Å²) < 4.78 is 0. The quantitative estimate of drug-likeness (QED) is 0.565. The van der Waals surface area contributed by atoms with E-state index in [1.807, 2.05) is 42.3 Å². The zero-order valence-electron chi connectivity index (χ0n) is 15.6. The molecule has 0 saturated heterocycles. The maximum Gasteiger partial charge on any atom is 0.239 e. The molecular weight excluding hydrogens is 370 g/mol. The van der Waals surface area contributed by atoms with Crippen molar-refractivity contribution in [3.05, 3.63) is 60.2 Å². The molecule has 0 aliphatic heterocycles. The zero-order valence-corrected chi connectivity index (χ0v) is 16.4. The van der Waals surface area contributed by atoms with E-state index < -0.39 is 0 Å². The number of hydrogen-bond donors (Lipinski definition) is 1. The molecule has 4 aromatic rings. The molecule has 3 aromatic heterocycles. The van der Waals surface area contributed by atoms with Crippen molar-refractivity contribution in [3.8, 4) is 22.5 Å². The second kappa shape index (κ2) is 7.74. The second-order valence-corrected chi connectivity index (χ2v) is 7.20. The van der Waals surface area contributed by atoms with Crippen molar-refractivity contribution in [3.63, 3.8) is 0 Å². The third kappa shape index (κ3) is 3.44. The number of carbonyl (C=O) groups excluding carboxylic acids is 1. The van der Waals surface area contributed by atoms with E-state index in [1.165, 1.54) is 0 Å². The summed E-state index contributed by atoms with van der Waals surface area (Å²) in [5.74, 6) is 1.25. The Morgan fingerprint density at radius 1 is 1.11 bits per heavy atom. The van der Waals surface area contributed by atoms with Gasteiger partial charge < -0.3 is 10.2 Å². The molecule has 0 saturated carbocycles. The molecule has 3 heterocycles. The van der Waals surface area contributed by atoms with Gasteiger partial charge in [0.15, 0.2) is 5.82 Å². The van der Waals surface area contributed by atoms with Gasteiger partial charge in [-0.3, -0.25) is 9.78 Å². The summed E-state index contributed by atoms with van der Waals surface area (Å²) in [4.78, 5) is 28.5. The van der Waals surface area contributed by atoms with E-state index in [0.29, 0.717) is 5.82 Å². The zero-order chi connectivity index (χ0) is 19.5. The van der Waals surface area contributed by atoms with Crippen LogP contribution in [0.2, 0.25) is 0 Å². The number of fused-ring (bicyclic) bond motifs is 1. The lowest BCUT2D eigenvalue weighted by Crippen LogP contribution is -2.33. The number of rotatable bonds is 5. The van der Waals surface area contributed by atoms with Crippen molar-refractivity contribution in [2.45, 2.75) is 0 Å². The van der Waals surface area contributed by atoms with E-state index in [-0.39, 0.29) is 12.5 Å². The Labute approximate surface area is 166 Å². The summed E-state index contributed by atoms with van der Waals surface area (Å²) in [5.41, 5.74) is 3.01. The van der Waals surface area contributed by atoms with Crippen LogP contribution in [-0.4, -0.2) is 41.5 Å². The number of benzene rings is 1. The Kier molecular flexibility index (Phi) is 4.99. The first-order valence-corrected chi connectivity index (χ1v) is 9.72. The first-order valence-electron chi connectivity index (χ1n) is 8.84. The van der Waals surface area contributed by atoms with Gasteiger partial charge in [0.25, 0.3) is 0 Å². The molecule has 6 nitrogen and oxygen atoms in total. The Morgan fingerprint density at radius 2 is 1.89 bits per heavy atom. The van der Waals surface area contributed by atoms with Gasteiger partial charge >= 0.3 is 0 Å². The second-order valence-electron chi connectivity index (χ2n) is 6.34. The predicted octanol–water partition coefficient (Wildman–Crippen LogP) is 3.60. The van der Waals surface area contributed by atoms with Gasteiger partial charge in [-0.1, -0.05) is 30.3 Å². The monoisotopic (exact) mass is 389 g/mol. The Hall–Kier alpha value is -3.32. The summed E-state index contributed by atoms with van der Waals surface area (Å²) in [6.07, 6.45) is 3.47. The highest BCUT2D eigenvalue weighted by atomic mass is 32.1. The van der Waals surface area contributed by atoms with Crippen LogP contribution in [0.1, 0.15) is 0 Å². The molecule has 0 spiro atoms. The molecule has 7 heteroatoms. The number of amides is 1. The summed E-state index contributed by atoms with van der Waals surface area (Å²) >= 11 is 1.58. The third-order valence-corrected chi connectivity index (χ3v) is 5.31. The van der Waals surface area contributed by atoms with Crippen LogP contribution in [0.25, 0.3) is 32.7 Å². The van der Waals surface area contributed by atoms with Gasteiger partial charge in [-0.15, -0.1) is 11.3 Å². The predicted molar refractivity (Wildman–Crippen MR) is 113 cm³/mol. The van der Waals surface area contributed by atoms with E-state index in [0.717, 1.165) is 32.7 Å². The lowest BCUT2D eigenvalue weighted by Gasteiger charge is -2.19. The molecule has 0 aliphatic carbocycles. The lowest BCUT2D eigenvalue weighted by atomic mass is 10.1. The average molecular weight is 389 g/mol. The van der Waals surface area contributed by atoms with Crippen LogP contribution in [0.5, 0.6) is 0 Å². The van der Waals surface area contributed by atoms with E-state index in [1.54, 1.807) is 30.8 Å². The van der Waals surface area contributed by atoms with Crippen LogP contribution in [0, 0.1) is 0 Å². The standard InChI is InChI=1S/C21H19N5OS/c1-22-17(27)12-26(2)20-18-16(14-7-4-3-5-8-14)13-28-21(18)25-19(24-20)15-9-6-10-23-11-15/h3-11,13H,12H2,1-2H3,(H,22,27). The largest absolute Gasteiger partial charge is 0.358 e. The van der Waals surface area contributed by atoms with Crippen molar-refractivity contribution >= 4 is 33.3 Å². The first-order chi connectivity index (χ1) is 13.7. The molecule has 0 bridgehead atoms. The smallest absolute Gasteiger partial charge is 0.239 e. The van der Waals surface area contributed by atoms with Crippen molar-refractivity contribution in [2.24, 2.45) is 0 Å². The van der Waals surface area contributed by atoms with Crippen molar-refractivity contribution < 1.29 is 4.79 Å². The molecule has 1 amide bonds. The summed E-state index contributed by atoms with van der Waals surface area (Å²) in [5, 5.41) is 5.72. The number of aromatic nitrogens is 3. The molecule has 0 aliphatic rings. The summed E-state index contributed by atoms with van der Waals surface area (Å²) in [7, 11) is 3.50. The number of pyridine rings is 1. The van der Waals surface area contributed by atoms with Crippen molar-refractivity contribution in [1.82, 2.24) is 20.3 Å². The highest BCUT2D eigenvalue weighted by Gasteiger charge is 2.19. The molecule has 0 unspecified atom stereocenters. The molecule has 140 valence electrons. The molecule has 1 N–H and O–H groups in total. The first kappa shape index (κ1) is 18.1. The third-order valence-electron chi connectivity index (χ3n) is 4.44. The van der Waals surface area contributed by atoms with Crippen LogP contribution in [-0.2, 0) is 4.79 Å². The average Bonchev–Trinajstić information content (AvgIpc) is 3.18. The fraction of sp³-hybridized carbons (Fsp3) is 0.143. The van der Waals surface area contributed by atoms with Crippen LogP contribution >= 0.6 is 11.3 Å². The van der Waals surface area contributed by atoms with Gasteiger partial charge in [-0.05, 0) is 17.7 Å². The highest BCUT2D eigenvalue weighted by molar-refractivity contribution is 7.17. The number of hydrogen-bond acceptors (Lipinski definition) is 6. The SMILES string of the molecule is CNC(=O)CN(C)c1nc(-c2cccnc2)nc2scc(-c3ccccc3)c12. The van der Waals surface area contributed by atoms with Gasteiger partial charge in [-0.2, -0.15) is 0 Å². The lowest BCUT2D eigenvalue weighted by molar-refractivity contribution is -0.119. The van der Waals surface area contributed by atoms with Gasteiger partial charge in [0, 0.05) is 43.0 Å². The van der Waals surface area contributed by atoms with Gasteiger partial charge in [0.05, 0.1) is 11.9 Å². The number of likely N-dealkylation sites (N-methyl/N-ethyl adjacent to an activating group) is 2. The number of thiophene rings is 1. The fourth-order valence-electron chi connectivity index (χ4n) is 3.02. The normalized spacial score (nSPS) is 10.8. The molecule has 0 atom stereocenters. The molecule has 0 radical (unpaired) electrons. The number of nitrogens with zero attached hydrogens (tertiary/aromatic N) is 4. The van der Waals surface area contributed by atoms with Gasteiger partial charge in [-0.25, -0.2) is 9.97 Å². The summed E-state index contributed by atoms with van der Waals surface area (Å²) in [6.45, 7) is 0.208. The van der Waals surface area contributed by atoms with E-state index in [4.69, 9.17) is 9.97 Å². The van der Waals surface area contributed by atoms with E-state index in [9.17, 15) is 4.79 Å². The molecule has 28 heavy (non-hydrogen) atoms. The molecule has 0 fully saturated rings. The van der Waals surface area contributed by atoms with Gasteiger partial charge in [0.1, 0.15) is 10.6 Å². The van der Waals surface area contributed by atoms with Crippen LogP contribution in [0.3, 0.4) is 0 Å². The maximum atomic E-state index is 12.0. The Balaban J connectivity index is 1.92. The number of carbonyl (C=O) groups is 1. The Morgan fingerprint density at radius 3 is 2.61 bits per heavy atom. The van der Waals surface area contributed by atoms with Gasteiger partial charge in [0.2, 0.25) is 5.91 Å². The van der Waals surface area contributed by atoms with Crippen LogP contribution in [0.4, 0.5) is 5.82 Å². The fourth-order valence-corrected chi connectivity index (χ4v) is 3.97. The highest BCUT2D eigenvalue weighted by Crippen LogP contribution is 2.39. The number of nitrogens with one attached hydrogen (secondary N) is 1. The van der Waals surface area contributed by atoms with Crippen LogP contribution < -0.4 is 10.2 Å². The Bertz CT molecular complexity index is 1110. The number of anilines is 1. The minimum Gasteiger partial charge on any atom is -0.358 e. The molecule has 4 rings (SSSR count). The van der Waals surface area contributed by atoms with Crippen molar-refractivity contribution in [1.29, 1.82) is 0 Å². The van der Waals surface area contributed by atoms with Crippen molar-refractivity contribution in [2.75, 3.05) is 25.5 Å².